The largest absolute Gasteiger partial charge is 0.243 e. The van der Waals surface area contributed by atoms with Crippen LogP contribution in [0.4, 0.5) is 0 Å². The summed E-state index contributed by atoms with van der Waals surface area (Å²) in [7, 11) is 3.94. The van der Waals surface area contributed by atoms with E-state index in [2.05, 4.69) is 0 Å². The van der Waals surface area contributed by atoms with Gasteiger partial charge in [0.05, 0.1) is 0 Å². The lowest BCUT2D eigenvalue weighted by Gasteiger charge is -2.21. The summed E-state index contributed by atoms with van der Waals surface area (Å²) < 4.78 is 10.5. The predicted molar refractivity (Wildman–Crippen MR) is 48.4 cm³/mol. The summed E-state index contributed by atoms with van der Waals surface area (Å²) >= 11 is 11.2. The molecule has 0 aromatic carbocycles. The Balaban J connectivity index is 3.92. The second-order valence-corrected chi connectivity index (χ2v) is 4.95. The van der Waals surface area contributed by atoms with Gasteiger partial charge in [-0.3, -0.25) is 0 Å². The minimum Gasteiger partial charge on any atom is -0.243 e. The highest BCUT2D eigenvalue weighted by atomic mass is 35.7. The topological polar surface area (TPSA) is 17.1 Å². The first-order chi connectivity index (χ1) is 4.54. The van der Waals surface area contributed by atoms with Gasteiger partial charge >= 0.3 is 0 Å². The maximum atomic E-state index is 10.5. The van der Waals surface area contributed by atoms with Gasteiger partial charge in [0.15, 0.2) is 0 Å². The molecule has 1 atom stereocenters. The van der Waals surface area contributed by atoms with Crippen molar-refractivity contribution in [3.05, 3.63) is 0 Å². The first-order valence-electron chi connectivity index (χ1n) is 2.70. The fourth-order valence-electron chi connectivity index (χ4n) is 0.387. The van der Waals surface area contributed by atoms with E-state index in [1.807, 2.05) is 6.92 Å². The van der Waals surface area contributed by atoms with Crippen LogP contribution in [0, 0.1) is 5.41 Å². The van der Waals surface area contributed by atoms with E-state index < -0.39 is 10.0 Å². The van der Waals surface area contributed by atoms with E-state index in [4.69, 9.17) is 33.9 Å². The van der Waals surface area contributed by atoms with Crippen LogP contribution in [0.15, 0.2) is 0 Å². The van der Waals surface area contributed by atoms with Gasteiger partial charge in [-0.05, 0) is 10.7 Å². The number of alkyl halides is 2. The Hall–Kier alpha value is 1.02. The highest BCUT2D eigenvalue weighted by Gasteiger charge is 2.24. The lowest BCUT2D eigenvalue weighted by Crippen LogP contribution is -2.26. The van der Waals surface area contributed by atoms with Crippen LogP contribution in [0.2, 0.25) is 0 Å². The average Bonchev–Trinajstić information content (AvgIpc) is 1.87. The normalized spacial score (nSPS) is 15.2. The van der Waals surface area contributed by atoms with Crippen molar-refractivity contribution in [1.82, 2.24) is 0 Å². The van der Waals surface area contributed by atoms with Crippen molar-refractivity contribution in [3.63, 3.8) is 0 Å². The Morgan fingerprint density at radius 2 is 1.80 bits per heavy atom. The molecule has 0 aliphatic carbocycles. The number of rotatable bonds is 4. The fourth-order valence-corrected chi connectivity index (χ4v) is 2.63. The molecule has 0 aliphatic heterocycles. The third-order valence-electron chi connectivity index (χ3n) is 1.11. The monoisotopic (exact) mass is 222 g/mol. The minimum absolute atomic E-state index is 0.296. The van der Waals surface area contributed by atoms with Gasteiger partial charge in [-0.15, -0.1) is 23.2 Å². The lowest BCUT2D eigenvalue weighted by atomic mass is 10.00. The number of halogens is 3. The molecule has 0 N–H and O–H groups in total. The Kier molecular flexibility index (Phi) is 5.30. The zero-order valence-corrected chi connectivity index (χ0v) is 8.66. The molecule has 0 aromatic rings. The average molecular weight is 224 g/mol. The van der Waals surface area contributed by atoms with E-state index in [9.17, 15) is 4.21 Å². The highest BCUT2D eigenvalue weighted by molar-refractivity contribution is 8.08. The van der Waals surface area contributed by atoms with E-state index in [1.165, 1.54) is 0 Å². The van der Waals surface area contributed by atoms with E-state index in [0.29, 0.717) is 17.5 Å². The lowest BCUT2D eigenvalue weighted by molar-refractivity contribution is 0.490. The fraction of sp³-hybridized carbons (Fsp3) is 1.00. The Morgan fingerprint density at radius 1 is 1.40 bits per heavy atom. The van der Waals surface area contributed by atoms with Crippen LogP contribution in [0.25, 0.3) is 0 Å². The Bertz CT molecular complexity index is 124. The molecule has 10 heavy (non-hydrogen) atoms. The van der Waals surface area contributed by atoms with E-state index >= 15 is 0 Å². The van der Waals surface area contributed by atoms with Crippen LogP contribution in [-0.2, 0) is 10.0 Å². The Labute approximate surface area is 78.0 Å². The zero-order chi connectivity index (χ0) is 8.20. The summed E-state index contributed by atoms with van der Waals surface area (Å²) in [5, 5.41) is 0. The van der Waals surface area contributed by atoms with Crippen LogP contribution in [0.3, 0.4) is 0 Å². The quantitative estimate of drug-likeness (QED) is 0.528. The third-order valence-corrected chi connectivity index (χ3v) is 3.65. The van der Waals surface area contributed by atoms with E-state index in [0.717, 1.165) is 0 Å². The maximum Gasteiger partial charge on any atom is 0.115 e. The second-order valence-electron chi connectivity index (χ2n) is 2.51. The molecular weight excluding hydrogens is 214 g/mol. The molecule has 62 valence electrons. The van der Waals surface area contributed by atoms with Crippen molar-refractivity contribution in [2.75, 3.05) is 17.5 Å². The van der Waals surface area contributed by atoms with E-state index in [-0.39, 0.29) is 5.41 Å². The molecule has 0 bridgehead atoms. The van der Waals surface area contributed by atoms with Crippen LogP contribution in [0.1, 0.15) is 6.92 Å². The molecule has 0 radical (unpaired) electrons. The minimum atomic E-state index is -1.33. The van der Waals surface area contributed by atoms with Crippen molar-refractivity contribution in [1.29, 1.82) is 0 Å². The zero-order valence-electron chi connectivity index (χ0n) is 5.57. The van der Waals surface area contributed by atoms with Gasteiger partial charge in [0.2, 0.25) is 0 Å². The summed E-state index contributed by atoms with van der Waals surface area (Å²) in [5.74, 6) is 1.12. The second kappa shape index (κ2) is 4.81. The van der Waals surface area contributed by atoms with Crippen LogP contribution in [0.5, 0.6) is 0 Å². The molecular formula is C5H9Cl3OS. The van der Waals surface area contributed by atoms with Crippen molar-refractivity contribution in [2.24, 2.45) is 5.41 Å². The molecule has 0 aliphatic rings. The van der Waals surface area contributed by atoms with Gasteiger partial charge in [-0.1, -0.05) is 6.92 Å². The van der Waals surface area contributed by atoms with Gasteiger partial charge in [0.1, 0.15) is 10.0 Å². The summed E-state index contributed by atoms with van der Waals surface area (Å²) in [6.45, 7) is 1.85. The predicted octanol–water partition coefficient (Wildman–Crippen LogP) is 2.37. The molecule has 5 heteroatoms. The Morgan fingerprint density at radius 3 is 1.90 bits per heavy atom. The maximum absolute atomic E-state index is 10.5. The first-order valence-corrected chi connectivity index (χ1v) is 5.92. The molecule has 1 unspecified atom stereocenters. The number of hydrogen-bond acceptors (Lipinski definition) is 1. The smallest absolute Gasteiger partial charge is 0.115 e. The first kappa shape index (κ1) is 11.0. The SMILES string of the molecule is CC(CCl)(CCl)CS(=O)Cl. The van der Waals surface area contributed by atoms with Crippen LogP contribution < -0.4 is 0 Å². The van der Waals surface area contributed by atoms with Crippen molar-refractivity contribution in [3.8, 4) is 0 Å². The molecule has 0 rings (SSSR count). The van der Waals surface area contributed by atoms with Crippen LogP contribution in [-0.4, -0.2) is 21.7 Å². The number of hydrogen-bond donors (Lipinski definition) is 0. The van der Waals surface area contributed by atoms with E-state index in [1.54, 1.807) is 0 Å². The van der Waals surface area contributed by atoms with Gasteiger partial charge in [0, 0.05) is 22.9 Å². The molecule has 0 saturated carbocycles. The molecule has 1 nitrogen and oxygen atoms in total. The van der Waals surface area contributed by atoms with Crippen molar-refractivity contribution >= 4 is 43.9 Å². The third kappa shape index (κ3) is 4.02. The van der Waals surface area contributed by atoms with Gasteiger partial charge in [0.25, 0.3) is 0 Å². The highest BCUT2D eigenvalue weighted by Crippen LogP contribution is 2.22. The summed E-state index contributed by atoms with van der Waals surface area (Å²) in [6.07, 6.45) is 0. The molecule has 0 spiro atoms. The standard InChI is InChI=1S/C5H9Cl3OS/c1-5(2-6,3-7)4-10(8)9/h2-4H2,1H3. The summed E-state index contributed by atoms with van der Waals surface area (Å²) in [4.78, 5) is 0. The molecule has 0 fully saturated rings. The van der Waals surface area contributed by atoms with Crippen LogP contribution >= 0.6 is 33.9 Å². The molecule has 0 heterocycles. The van der Waals surface area contributed by atoms with Crippen molar-refractivity contribution < 1.29 is 4.21 Å². The van der Waals surface area contributed by atoms with Gasteiger partial charge < -0.3 is 0 Å². The molecule has 0 aromatic heterocycles. The van der Waals surface area contributed by atoms with Crippen molar-refractivity contribution in [2.45, 2.75) is 6.92 Å². The summed E-state index contributed by atoms with van der Waals surface area (Å²) in [5.41, 5.74) is -0.296. The van der Waals surface area contributed by atoms with Gasteiger partial charge in [-0.2, -0.15) is 0 Å². The summed E-state index contributed by atoms with van der Waals surface area (Å²) in [6, 6.07) is 0. The van der Waals surface area contributed by atoms with Gasteiger partial charge in [-0.25, -0.2) is 4.21 Å². The molecule has 0 saturated heterocycles. The molecule has 0 amide bonds.